The van der Waals surface area contributed by atoms with Gasteiger partial charge in [-0.25, -0.2) is 5.26 Å². The predicted octanol–water partition coefficient (Wildman–Crippen LogP) is -10.7. The van der Waals surface area contributed by atoms with E-state index in [9.17, 15) is 86.1 Å². The first kappa shape index (κ1) is 100. The number of thiocyanates is 1. The molecule has 45 heteroatoms. The summed E-state index contributed by atoms with van der Waals surface area (Å²) in [6.07, 6.45) is -21.5. The minimum Gasteiger partial charge on any atom is -0.790 e. The van der Waals surface area contributed by atoms with Crippen LogP contribution in [0, 0.1) is 10.7 Å². The second-order valence-corrected chi connectivity index (χ2v) is 13.0. The summed E-state index contributed by atoms with van der Waals surface area (Å²) >= 11 is 3.70. The van der Waals surface area contributed by atoms with E-state index in [1.165, 1.54) is 5.40 Å². The fraction of sp³-hybridized carbons (Fsp3) is 0.857. The van der Waals surface area contributed by atoms with Crippen molar-refractivity contribution < 1.29 is 404 Å². The standard InChI is InChI=1S/C6H18O24P6.CHNS.13Ag/c7-31(8,9)25-1-2(26-32(10,11)12)4(28-34(16,17)18)6(30-36(22,23)24)5(29-35(19,20)21)3(1)27-33(13,14)15;2-1-3;;;;;;;;;;;;;/h1-6H,(H2,7,8,9)(H2,10,11,12)(H2,13,14,15)(H2,16,17,18)(H2,19,20,21)(H2,22,23,24);3H;;;;;;;;;;;;;/q;;13*+1/p-13/t1-,2-,3-,4+,5-,6-;;;;;;;;;;;;;;. The molecule has 1 saturated carbocycles. The maximum absolute atomic E-state index is 11.1. The van der Waals surface area contributed by atoms with Crippen LogP contribution in [0.25, 0.3) is 0 Å². The number of hydrogen-bond donors (Lipinski definition) is 0. The van der Waals surface area contributed by atoms with Gasteiger partial charge in [-0.3, -0.25) is 0 Å². The van der Waals surface area contributed by atoms with Gasteiger partial charge in [0.25, 0.3) is 0 Å². The zero-order chi connectivity index (χ0) is 31.4. The smallest absolute Gasteiger partial charge is 0.790 e. The summed E-state index contributed by atoms with van der Waals surface area (Å²) in [4.78, 5) is 133. The van der Waals surface area contributed by atoms with E-state index in [1.807, 2.05) is 0 Å². The Morgan fingerprint density at radius 2 is 0.385 bits per heavy atom. The Balaban J connectivity index is -0.0000000725. The van der Waals surface area contributed by atoms with Crippen LogP contribution in [0.4, 0.5) is 0 Å². The van der Waals surface area contributed by atoms with Crippen molar-refractivity contribution in [2.24, 2.45) is 0 Å². The number of phosphoric acid groups is 6. The summed E-state index contributed by atoms with van der Waals surface area (Å²) in [5, 5.41) is 8.47. The van der Waals surface area contributed by atoms with Gasteiger partial charge >= 0.3 is 291 Å². The van der Waals surface area contributed by atoms with Gasteiger partial charge in [-0.1, -0.05) is 5.40 Å². The molecule has 25 nitrogen and oxygen atoms in total. The molecule has 362 valence electrons. The zero-order valence-electron chi connectivity index (χ0n) is 21.2. The van der Waals surface area contributed by atoms with Gasteiger partial charge < -0.3 is 126 Å². The Hall–Kier alpha value is 9.99. The molecule has 0 aromatic carbocycles. The van der Waals surface area contributed by atoms with Gasteiger partial charge in [0.2, 0.25) is 0 Å². The Morgan fingerprint density at radius 3 is 0.423 bits per heavy atom. The van der Waals surface area contributed by atoms with Gasteiger partial charge in [-0.15, -0.1) is 0 Å². The largest absolute Gasteiger partial charge is 1.00 e. The molecule has 0 bridgehead atoms. The molecule has 0 amide bonds. The summed E-state index contributed by atoms with van der Waals surface area (Å²) in [6, 6.07) is 0. The van der Waals surface area contributed by atoms with E-state index in [2.05, 4.69) is 39.8 Å². The summed E-state index contributed by atoms with van der Waals surface area (Å²) < 4.78 is 88.3. The number of rotatable bonds is 12. The molecule has 52 heavy (non-hydrogen) atoms. The van der Waals surface area contributed by atoms with Crippen molar-refractivity contribution >= 4 is 59.6 Å². The molecule has 0 saturated heterocycles. The Bertz CT molecular complexity index is 961. The van der Waals surface area contributed by atoms with Crippen LogP contribution >= 0.6 is 46.9 Å². The van der Waals surface area contributed by atoms with Crippen molar-refractivity contribution in [3.63, 3.8) is 0 Å². The molecular weight excluding hydrogens is 2100 g/mol. The number of hydrogen-bond acceptors (Lipinski definition) is 26. The van der Waals surface area contributed by atoms with Gasteiger partial charge in [-0.2, -0.15) is 0 Å². The first-order chi connectivity index (χ1) is 17.0. The van der Waals surface area contributed by atoms with Crippen LogP contribution in [-0.4, -0.2) is 36.6 Å². The van der Waals surface area contributed by atoms with Crippen molar-refractivity contribution in [2.45, 2.75) is 36.6 Å². The van der Waals surface area contributed by atoms with Crippen molar-refractivity contribution in [3.8, 4) is 5.40 Å². The van der Waals surface area contributed by atoms with Crippen molar-refractivity contribution in [1.29, 1.82) is 5.26 Å². The normalized spacial score (nSPS) is 20.4. The molecule has 0 aromatic rings. The Labute approximate surface area is 501 Å². The molecule has 0 aliphatic heterocycles. The Kier molecular flexibility index (Phi) is 83.9. The summed E-state index contributed by atoms with van der Waals surface area (Å²) in [5.74, 6) is 0. The third-order valence-corrected chi connectivity index (χ3v) is 6.46. The zero-order valence-corrected chi connectivity index (χ0v) is 46.7. The quantitative estimate of drug-likeness (QED) is 0.0758. The molecule has 0 radical (unpaired) electrons. The van der Waals surface area contributed by atoms with E-state index in [0.29, 0.717) is 0 Å². The van der Waals surface area contributed by atoms with Crippen LogP contribution in [0.5, 0.6) is 0 Å². The third-order valence-electron chi connectivity index (χ3n) is 3.45. The molecule has 1 fully saturated rings. The van der Waals surface area contributed by atoms with Crippen LogP contribution in [0.1, 0.15) is 0 Å². The average Bonchev–Trinajstić information content (AvgIpc) is 2.59. The van der Waals surface area contributed by atoms with Gasteiger partial charge in [0.05, 0.1) is 46.9 Å². The van der Waals surface area contributed by atoms with Gasteiger partial charge in [-0.05, 0) is 0 Å². The molecule has 1 rings (SSSR count). The second kappa shape index (κ2) is 43.6. The van der Waals surface area contributed by atoms with Crippen LogP contribution in [0.15, 0.2) is 0 Å². The second-order valence-electron chi connectivity index (χ2n) is 6.19. The van der Waals surface area contributed by atoms with Crippen LogP contribution in [0.2, 0.25) is 0 Å². The van der Waals surface area contributed by atoms with Gasteiger partial charge in [0.1, 0.15) is 36.6 Å². The van der Waals surface area contributed by atoms with E-state index >= 15 is 0 Å². The number of nitrogens with zero attached hydrogens (tertiary/aromatic N) is 1. The molecule has 0 unspecified atom stereocenters. The van der Waals surface area contributed by atoms with E-state index in [1.54, 1.807) is 0 Å². The maximum Gasteiger partial charge on any atom is 1.00 e. The minimum atomic E-state index is -6.68. The summed E-state index contributed by atoms with van der Waals surface area (Å²) in [6.45, 7) is 0. The first-order valence-corrected chi connectivity index (χ1v) is 17.4. The van der Waals surface area contributed by atoms with E-state index in [-0.39, 0.29) is 291 Å². The van der Waals surface area contributed by atoms with E-state index in [4.69, 9.17) is 5.26 Å². The average molecular weight is 2110 g/mol. The summed E-state index contributed by atoms with van der Waals surface area (Å²) in [7, 11) is -40.1. The van der Waals surface area contributed by atoms with Crippen LogP contribution in [-0.2, 0) is 358 Å². The topological polar surface area (TPSA) is 458 Å². The number of phosphoric ester groups is 6. The van der Waals surface area contributed by atoms with Crippen LogP contribution in [0.3, 0.4) is 0 Å². The predicted molar refractivity (Wildman–Crippen MR) is 87.9 cm³/mol. The Morgan fingerprint density at radius 1 is 0.327 bits per heavy atom. The molecule has 0 spiro atoms. The fourth-order valence-corrected chi connectivity index (χ4v) is 5.96. The maximum atomic E-state index is 11.1. The van der Waals surface area contributed by atoms with Crippen molar-refractivity contribution in [3.05, 3.63) is 0 Å². The molecule has 0 N–H and O–H groups in total. The van der Waals surface area contributed by atoms with E-state index in [0.717, 1.165) is 0 Å². The fourth-order valence-electron chi connectivity index (χ4n) is 2.74. The first-order valence-electron chi connectivity index (χ1n) is 8.22. The van der Waals surface area contributed by atoms with E-state index < -0.39 is 83.6 Å². The summed E-state index contributed by atoms with van der Waals surface area (Å²) in [5.41, 5.74) is 0. The molecule has 1 aliphatic carbocycles. The van der Waals surface area contributed by atoms with Crippen LogP contribution < -0.4 is 58.7 Å². The SMILES string of the molecule is N#C[S-].O=P([O-])([O-])O[C@H]1[C@H](OP(=O)([O-])[O-])[C@@H](OP(=O)([O-])[O-])[C@H](OP(=O)([O-])[O-])[C@@H](OP(=O)([O-])[O-])[C@H]1OP(=O)([O-])[O-].[Ag+].[Ag+].[Ag+].[Ag+].[Ag+].[Ag+].[Ag+].[Ag+].[Ag+].[Ag+].[Ag+].[Ag+].[Ag+]. The monoisotopic (exact) mass is 2100 g/mol. The van der Waals surface area contributed by atoms with Crippen molar-refractivity contribution in [1.82, 2.24) is 0 Å². The molecule has 0 atom stereocenters. The van der Waals surface area contributed by atoms with Gasteiger partial charge in [0.15, 0.2) is 0 Å². The van der Waals surface area contributed by atoms with Crippen molar-refractivity contribution in [2.75, 3.05) is 0 Å². The van der Waals surface area contributed by atoms with Gasteiger partial charge in [0, 0.05) is 0 Å². The molecule has 0 aromatic heterocycles. The molecule has 1 aliphatic rings. The molecule has 0 heterocycles. The minimum absolute atomic E-state index is 0. The number of nitriles is 1. The molecular formula is C7H6Ag13NO24P6S. The third kappa shape index (κ3) is 51.0.